The van der Waals surface area contributed by atoms with Crippen molar-refractivity contribution in [3.8, 4) is 0 Å². The Morgan fingerprint density at radius 1 is 1.62 bits per heavy atom. The zero-order valence-electron chi connectivity index (χ0n) is 9.57. The molecule has 0 aromatic carbocycles. The van der Waals surface area contributed by atoms with Crippen LogP contribution >= 0.6 is 0 Å². The number of rotatable bonds is 3. The molecule has 5 nitrogen and oxygen atoms in total. The van der Waals surface area contributed by atoms with E-state index in [9.17, 15) is 4.79 Å². The second-order valence-corrected chi connectivity index (χ2v) is 4.49. The van der Waals surface area contributed by atoms with E-state index in [0.29, 0.717) is 6.54 Å². The molecule has 1 aliphatic rings. The summed E-state index contributed by atoms with van der Waals surface area (Å²) in [7, 11) is 1.80. The van der Waals surface area contributed by atoms with Gasteiger partial charge < -0.3 is 11.1 Å². The van der Waals surface area contributed by atoms with Crippen LogP contribution in [0.25, 0.3) is 0 Å². The molecule has 0 aliphatic heterocycles. The van der Waals surface area contributed by atoms with Gasteiger partial charge in [0.2, 0.25) is 5.91 Å². The van der Waals surface area contributed by atoms with Gasteiger partial charge in [-0.25, -0.2) is 0 Å². The molecule has 1 aliphatic carbocycles. The van der Waals surface area contributed by atoms with Crippen molar-refractivity contribution in [2.24, 2.45) is 18.2 Å². The lowest BCUT2D eigenvalue weighted by atomic mass is 9.85. The molecule has 0 bridgehead atoms. The first-order valence-electron chi connectivity index (χ1n) is 5.67. The fourth-order valence-electron chi connectivity index (χ4n) is 2.32. The van der Waals surface area contributed by atoms with E-state index >= 15 is 0 Å². The Kier molecular flexibility index (Phi) is 2.96. The van der Waals surface area contributed by atoms with Gasteiger partial charge in [0.15, 0.2) is 0 Å². The van der Waals surface area contributed by atoms with Crippen molar-refractivity contribution in [2.45, 2.75) is 25.7 Å². The molecular formula is C11H18N4O. The molecule has 1 amide bonds. The number of aromatic nitrogens is 2. The zero-order valence-corrected chi connectivity index (χ0v) is 9.57. The predicted molar refractivity (Wildman–Crippen MR) is 61.8 cm³/mol. The Bertz CT molecular complexity index is 379. The molecule has 5 heteroatoms. The first kappa shape index (κ1) is 11.1. The Morgan fingerprint density at radius 3 is 2.81 bits per heavy atom. The highest BCUT2D eigenvalue weighted by Gasteiger charge is 2.39. The van der Waals surface area contributed by atoms with Gasteiger partial charge in [0.25, 0.3) is 0 Å². The van der Waals surface area contributed by atoms with Gasteiger partial charge in [0, 0.05) is 19.7 Å². The summed E-state index contributed by atoms with van der Waals surface area (Å²) in [6.45, 7) is 0.427. The van der Waals surface area contributed by atoms with Crippen LogP contribution in [0.5, 0.6) is 0 Å². The first-order valence-corrected chi connectivity index (χ1v) is 5.67. The third-order valence-electron chi connectivity index (χ3n) is 3.50. The molecule has 1 aromatic rings. The summed E-state index contributed by atoms with van der Waals surface area (Å²) in [6, 6.07) is 1.79. The number of hydrogen-bond acceptors (Lipinski definition) is 3. The second kappa shape index (κ2) is 4.25. The number of nitrogens with one attached hydrogen (secondary N) is 1. The van der Waals surface area contributed by atoms with E-state index in [2.05, 4.69) is 10.4 Å². The Balaban J connectivity index is 2.10. The normalized spacial score (nSPS) is 18.6. The number of hydrogen-bond donors (Lipinski definition) is 2. The number of amides is 1. The van der Waals surface area contributed by atoms with E-state index in [-0.39, 0.29) is 11.3 Å². The highest BCUT2D eigenvalue weighted by Crippen LogP contribution is 2.38. The lowest BCUT2D eigenvalue weighted by molar-refractivity contribution is -0.124. The summed E-state index contributed by atoms with van der Waals surface area (Å²) in [6.07, 6.45) is 5.64. The quantitative estimate of drug-likeness (QED) is 0.797. The maximum atomic E-state index is 12.2. The van der Waals surface area contributed by atoms with Crippen LogP contribution in [0.1, 0.15) is 25.7 Å². The van der Waals surface area contributed by atoms with Crippen LogP contribution in [0.15, 0.2) is 12.3 Å². The fraction of sp³-hybridized carbons (Fsp3) is 0.636. The van der Waals surface area contributed by atoms with Gasteiger partial charge in [-0.1, -0.05) is 12.8 Å². The average Bonchev–Trinajstić information content (AvgIpc) is 2.89. The zero-order chi connectivity index (χ0) is 11.6. The summed E-state index contributed by atoms with van der Waals surface area (Å²) in [5, 5.41) is 6.92. The van der Waals surface area contributed by atoms with Gasteiger partial charge in [0.05, 0.1) is 11.6 Å². The lowest BCUT2D eigenvalue weighted by Gasteiger charge is -2.25. The molecular weight excluding hydrogens is 204 g/mol. The van der Waals surface area contributed by atoms with E-state index < -0.39 is 0 Å². The van der Waals surface area contributed by atoms with Gasteiger partial charge in [-0.05, 0) is 12.8 Å². The summed E-state index contributed by atoms with van der Waals surface area (Å²) >= 11 is 0. The number of carbonyl (C=O) groups is 1. The molecule has 1 fully saturated rings. The van der Waals surface area contributed by atoms with Crippen molar-refractivity contribution in [3.63, 3.8) is 0 Å². The number of aryl methyl sites for hydroxylation is 1. The fourth-order valence-corrected chi connectivity index (χ4v) is 2.32. The van der Waals surface area contributed by atoms with Crippen LogP contribution in [0.2, 0.25) is 0 Å². The SMILES string of the molecule is Cn1nccc1NC(=O)C1(CN)CCCC1. The number of nitrogens with two attached hydrogens (primary N) is 1. The molecule has 2 rings (SSSR count). The van der Waals surface area contributed by atoms with Crippen molar-refractivity contribution in [1.82, 2.24) is 9.78 Å². The molecule has 0 radical (unpaired) electrons. The minimum Gasteiger partial charge on any atom is -0.329 e. The maximum absolute atomic E-state index is 12.2. The number of carbonyl (C=O) groups excluding carboxylic acids is 1. The van der Waals surface area contributed by atoms with Gasteiger partial charge in [-0.15, -0.1) is 0 Å². The van der Waals surface area contributed by atoms with E-state index in [0.717, 1.165) is 31.5 Å². The van der Waals surface area contributed by atoms with Crippen LogP contribution in [0, 0.1) is 5.41 Å². The summed E-state index contributed by atoms with van der Waals surface area (Å²) < 4.78 is 1.65. The van der Waals surface area contributed by atoms with E-state index in [1.165, 1.54) is 0 Å². The van der Waals surface area contributed by atoms with Gasteiger partial charge in [-0.2, -0.15) is 5.10 Å². The Morgan fingerprint density at radius 2 is 2.31 bits per heavy atom. The van der Waals surface area contributed by atoms with Crippen molar-refractivity contribution in [1.29, 1.82) is 0 Å². The second-order valence-electron chi connectivity index (χ2n) is 4.49. The third-order valence-corrected chi connectivity index (χ3v) is 3.50. The molecule has 3 N–H and O–H groups in total. The van der Waals surface area contributed by atoms with Crippen LogP contribution in [-0.2, 0) is 11.8 Å². The minimum absolute atomic E-state index is 0.0381. The molecule has 1 aromatic heterocycles. The standard InChI is InChI=1S/C11H18N4O/c1-15-9(4-7-13-15)14-10(16)11(8-12)5-2-3-6-11/h4,7H,2-3,5-6,8,12H2,1H3,(H,14,16). The van der Waals surface area contributed by atoms with Crippen molar-refractivity contribution in [3.05, 3.63) is 12.3 Å². The monoisotopic (exact) mass is 222 g/mol. The van der Waals surface area contributed by atoms with E-state index in [1.807, 2.05) is 0 Å². The van der Waals surface area contributed by atoms with Crippen LogP contribution in [0.3, 0.4) is 0 Å². The van der Waals surface area contributed by atoms with Gasteiger partial charge >= 0.3 is 0 Å². The summed E-state index contributed by atoms with van der Waals surface area (Å²) in [5.74, 6) is 0.765. The average molecular weight is 222 g/mol. The highest BCUT2D eigenvalue weighted by atomic mass is 16.2. The summed E-state index contributed by atoms with van der Waals surface area (Å²) in [5.41, 5.74) is 5.40. The molecule has 0 spiro atoms. The number of nitrogens with zero attached hydrogens (tertiary/aromatic N) is 2. The Labute approximate surface area is 95.0 Å². The van der Waals surface area contributed by atoms with Crippen molar-refractivity contribution in [2.75, 3.05) is 11.9 Å². The molecule has 1 heterocycles. The number of anilines is 1. The van der Waals surface area contributed by atoms with Crippen molar-refractivity contribution >= 4 is 11.7 Å². The largest absolute Gasteiger partial charge is 0.329 e. The topological polar surface area (TPSA) is 72.9 Å². The maximum Gasteiger partial charge on any atom is 0.233 e. The smallest absolute Gasteiger partial charge is 0.233 e. The molecule has 88 valence electrons. The molecule has 1 saturated carbocycles. The van der Waals surface area contributed by atoms with Crippen LogP contribution in [0.4, 0.5) is 5.82 Å². The Hall–Kier alpha value is -1.36. The molecule has 0 unspecified atom stereocenters. The first-order chi connectivity index (χ1) is 7.68. The predicted octanol–water partition coefficient (Wildman–Crippen LogP) is 0.878. The van der Waals surface area contributed by atoms with Crippen molar-refractivity contribution < 1.29 is 4.79 Å². The minimum atomic E-state index is -0.357. The van der Waals surface area contributed by atoms with E-state index in [4.69, 9.17) is 5.73 Å². The molecule has 16 heavy (non-hydrogen) atoms. The summed E-state index contributed by atoms with van der Waals surface area (Å²) in [4.78, 5) is 12.2. The van der Waals surface area contributed by atoms with E-state index in [1.54, 1.807) is 24.0 Å². The van der Waals surface area contributed by atoms with Crippen LogP contribution in [-0.4, -0.2) is 22.2 Å². The molecule has 0 atom stereocenters. The highest BCUT2D eigenvalue weighted by molar-refractivity contribution is 5.95. The lowest BCUT2D eigenvalue weighted by Crippen LogP contribution is -2.40. The van der Waals surface area contributed by atoms with Crippen LogP contribution < -0.4 is 11.1 Å². The van der Waals surface area contributed by atoms with Gasteiger partial charge in [0.1, 0.15) is 5.82 Å². The van der Waals surface area contributed by atoms with Gasteiger partial charge in [-0.3, -0.25) is 9.48 Å². The third kappa shape index (κ3) is 1.82. The molecule has 0 saturated heterocycles.